The van der Waals surface area contributed by atoms with Crippen LogP contribution >= 0.6 is 34.8 Å². The highest BCUT2D eigenvalue weighted by Gasteiger charge is 2.21. The number of halogens is 3. The van der Waals surface area contributed by atoms with Gasteiger partial charge in [0, 0.05) is 39.1 Å². The van der Waals surface area contributed by atoms with Crippen LogP contribution in [0, 0.1) is 0 Å². The highest BCUT2D eigenvalue weighted by molar-refractivity contribution is 6.37. The van der Waals surface area contributed by atoms with Gasteiger partial charge < -0.3 is 16.0 Å². The van der Waals surface area contributed by atoms with Gasteiger partial charge in [0.15, 0.2) is 0 Å². The molecule has 0 aliphatic carbocycles. The van der Waals surface area contributed by atoms with Crippen molar-refractivity contribution in [1.82, 2.24) is 4.57 Å². The van der Waals surface area contributed by atoms with Crippen LogP contribution in [-0.2, 0) is 7.05 Å². The van der Waals surface area contributed by atoms with E-state index < -0.39 is 0 Å². The summed E-state index contributed by atoms with van der Waals surface area (Å²) in [5, 5.41) is 10.6. The molecule has 4 N–H and O–H groups in total. The van der Waals surface area contributed by atoms with Crippen LogP contribution in [0.25, 0.3) is 22.2 Å². The van der Waals surface area contributed by atoms with Crippen LogP contribution in [0.2, 0.25) is 15.1 Å². The minimum absolute atomic E-state index is 0.117. The topological polar surface area (TPSA) is 81.7 Å². The smallest absolute Gasteiger partial charge is 0.211 e. The summed E-state index contributed by atoms with van der Waals surface area (Å²) in [6, 6.07) is 11.0. The molecule has 0 amide bonds. The Hall–Kier alpha value is -2.21. The van der Waals surface area contributed by atoms with E-state index in [-0.39, 0.29) is 5.96 Å². The molecule has 3 aromatic rings. The van der Waals surface area contributed by atoms with Crippen LogP contribution in [0.15, 0.2) is 46.6 Å². The van der Waals surface area contributed by atoms with Crippen molar-refractivity contribution in [3.8, 4) is 11.3 Å². The van der Waals surface area contributed by atoms with Crippen LogP contribution in [0.5, 0.6) is 0 Å². The molecule has 0 atom stereocenters. The van der Waals surface area contributed by atoms with Gasteiger partial charge in [0.05, 0.1) is 16.4 Å². The molecule has 0 saturated carbocycles. The quantitative estimate of drug-likeness (QED) is 0.370. The summed E-state index contributed by atoms with van der Waals surface area (Å²) in [5.41, 5.74) is 15.0. The fourth-order valence-corrected chi connectivity index (χ4v) is 3.63. The Kier molecular flexibility index (Phi) is 5.14. The lowest BCUT2D eigenvalue weighted by molar-refractivity contribution is 0.977. The Bertz CT molecular complexity index is 1060. The average Bonchev–Trinajstić information content (AvgIpc) is 2.85. The van der Waals surface area contributed by atoms with Gasteiger partial charge in [0.1, 0.15) is 0 Å². The van der Waals surface area contributed by atoms with Crippen LogP contribution in [0.4, 0.5) is 0 Å². The van der Waals surface area contributed by atoms with Crippen molar-refractivity contribution in [3.05, 3.63) is 57.0 Å². The number of nitrogens with two attached hydrogens (primary N) is 2. The molecule has 0 unspecified atom stereocenters. The average molecular weight is 409 g/mol. The first-order valence-corrected chi connectivity index (χ1v) is 8.80. The molecule has 2 aromatic carbocycles. The minimum atomic E-state index is -0.117. The fraction of sp³-hybridized carbons (Fsp3) is 0.111. The molecular weight excluding hydrogens is 393 g/mol. The Labute approximate surface area is 165 Å². The molecule has 26 heavy (non-hydrogen) atoms. The number of aromatic nitrogens is 1. The van der Waals surface area contributed by atoms with E-state index in [2.05, 4.69) is 10.2 Å². The standard InChI is InChI=1S/C18H16Cl3N5/c1-9(24-25-18(22)23)16-13-7-10(19)4-6-15(13)26(2)17(16)12-5-3-11(20)8-14(12)21/h3-8H,1-2H3,(H4,22,23,25). The van der Waals surface area contributed by atoms with Gasteiger partial charge in [-0.05, 0) is 43.3 Å². The van der Waals surface area contributed by atoms with Crippen molar-refractivity contribution < 1.29 is 0 Å². The predicted molar refractivity (Wildman–Crippen MR) is 111 cm³/mol. The predicted octanol–water partition coefficient (Wildman–Crippen LogP) is 4.80. The summed E-state index contributed by atoms with van der Waals surface area (Å²) < 4.78 is 2.03. The van der Waals surface area contributed by atoms with Crippen LogP contribution in [-0.4, -0.2) is 16.2 Å². The van der Waals surface area contributed by atoms with Gasteiger partial charge in [0.25, 0.3) is 0 Å². The Morgan fingerprint density at radius 2 is 1.62 bits per heavy atom. The number of benzene rings is 2. The number of aryl methyl sites for hydroxylation is 1. The van der Waals surface area contributed by atoms with Gasteiger partial charge in [-0.3, -0.25) is 0 Å². The van der Waals surface area contributed by atoms with Gasteiger partial charge in [0.2, 0.25) is 5.96 Å². The number of guanidine groups is 1. The number of hydrogen-bond donors (Lipinski definition) is 2. The molecule has 0 radical (unpaired) electrons. The van der Waals surface area contributed by atoms with E-state index in [9.17, 15) is 0 Å². The van der Waals surface area contributed by atoms with Crippen LogP contribution < -0.4 is 11.5 Å². The van der Waals surface area contributed by atoms with Crippen molar-refractivity contribution in [2.75, 3.05) is 0 Å². The van der Waals surface area contributed by atoms with E-state index in [1.54, 1.807) is 12.1 Å². The summed E-state index contributed by atoms with van der Waals surface area (Å²) in [7, 11) is 1.95. The van der Waals surface area contributed by atoms with Crippen LogP contribution in [0.1, 0.15) is 12.5 Å². The molecular formula is C18H16Cl3N5. The van der Waals surface area contributed by atoms with Crippen molar-refractivity contribution in [1.29, 1.82) is 0 Å². The zero-order valence-electron chi connectivity index (χ0n) is 14.1. The maximum atomic E-state index is 6.47. The second kappa shape index (κ2) is 7.19. The summed E-state index contributed by atoms with van der Waals surface area (Å²) in [4.78, 5) is 0. The molecule has 1 heterocycles. The van der Waals surface area contributed by atoms with E-state index in [0.717, 1.165) is 27.7 Å². The lowest BCUT2D eigenvalue weighted by Gasteiger charge is -2.10. The first-order chi connectivity index (χ1) is 12.3. The van der Waals surface area contributed by atoms with Crippen molar-refractivity contribution in [3.63, 3.8) is 0 Å². The maximum Gasteiger partial charge on any atom is 0.211 e. The second-order valence-electron chi connectivity index (χ2n) is 5.78. The molecule has 5 nitrogen and oxygen atoms in total. The zero-order valence-corrected chi connectivity index (χ0v) is 16.4. The molecule has 0 aliphatic rings. The molecule has 1 aromatic heterocycles. The normalized spacial score (nSPS) is 11.8. The van der Waals surface area contributed by atoms with E-state index in [4.69, 9.17) is 46.3 Å². The number of rotatable bonds is 3. The van der Waals surface area contributed by atoms with Crippen molar-refractivity contribution in [2.45, 2.75) is 6.92 Å². The Balaban J connectivity index is 2.41. The number of fused-ring (bicyclic) bond motifs is 1. The minimum Gasteiger partial charge on any atom is -0.369 e. The maximum absolute atomic E-state index is 6.47. The van der Waals surface area contributed by atoms with Crippen molar-refractivity contribution >= 4 is 57.4 Å². The third kappa shape index (κ3) is 3.38. The van der Waals surface area contributed by atoms with E-state index >= 15 is 0 Å². The fourth-order valence-electron chi connectivity index (χ4n) is 2.96. The lowest BCUT2D eigenvalue weighted by atomic mass is 10.0. The van der Waals surface area contributed by atoms with Gasteiger partial charge in [-0.15, -0.1) is 5.10 Å². The molecule has 0 fully saturated rings. The van der Waals surface area contributed by atoms with E-state index in [1.165, 1.54) is 0 Å². The number of nitrogens with zero attached hydrogens (tertiary/aromatic N) is 3. The third-order valence-corrected chi connectivity index (χ3v) is 4.81. The summed E-state index contributed by atoms with van der Waals surface area (Å²) >= 11 is 18.7. The molecule has 8 heteroatoms. The SMILES string of the molecule is CC(=NN=C(N)N)c1c(-c2ccc(Cl)cc2Cl)n(C)c2ccc(Cl)cc12. The molecule has 3 rings (SSSR count). The molecule has 0 spiro atoms. The highest BCUT2D eigenvalue weighted by Crippen LogP contribution is 2.38. The molecule has 0 saturated heterocycles. The van der Waals surface area contributed by atoms with Gasteiger partial charge in [-0.1, -0.05) is 34.8 Å². The zero-order chi connectivity index (χ0) is 19.0. The van der Waals surface area contributed by atoms with E-state index in [1.807, 2.05) is 42.8 Å². The Morgan fingerprint density at radius 1 is 0.962 bits per heavy atom. The third-order valence-electron chi connectivity index (χ3n) is 4.03. The van der Waals surface area contributed by atoms with Crippen molar-refractivity contribution in [2.24, 2.45) is 28.7 Å². The lowest BCUT2D eigenvalue weighted by Crippen LogP contribution is -2.22. The number of hydrogen-bond acceptors (Lipinski definition) is 2. The summed E-state index contributed by atoms with van der Waals surface area (Å²) in [6.45, 7) is 1.83. The van der Waals surface area contributed by atoms with Crippen LogP contribution in [0.3, 0.4) is 0 Å². The molecule has 134 valence electrons. The van der Waals surface area contributed by atoms with Gasteiger partial charge >= 0.3 is 0 Å². The first kappa shape index (κ1) is 18.6. The van der Waals surface area contributed by atoms with Gasteiger partial charge in [-0.2, -0.15) is 5.10 Å². The summed E-state index contributed by atoms with van der Waals surface area (Å²) in [6.07, 6.45) is 0. The van der Waals surface area contributed by atoms with Gasteiger partial charge in [-0.25, -0.2) is 0 Å². The Morgan fingerprint density at radius 3 is 2.27 bits per heavy atom. The monoisotopic (exact) mass is 407 g/mol. The molecule has 0 aliphatic heterocycles. The summed E-state index contributed by atoms with van der Waals surface area (Å²) in [5.74, 6) is -0.117. The second-order valence-corrected chi connectivity index (χ2v) is 7.06. The highest BCUT2D eigenvalue weighted by atomic mass is 35.5. The first-order valence-electron chi connectivity index (χ1n) is 7.66. The largest absolute Gasteiger partial charge is 0.369 e. The molecule has 0 bridgehead atoms. The van der Waals surface area contributed by atoms with E-state index in [0.29, 0.717) is 20.8 Å².